The maximum atomic E-state index is 12.2. The van der Waals surface area contributed by atoms with E-state index in [0.29, 0.717) is 24.9 Å². The van der Waals surface area contributed by atoms with Gasteiger partial charge in [0.1, 0.15) is 5.01 Å². The zero-order valence-electron chi connectivity index (χ0n) is 10.7. The molecule has 7 heteroatoms. The fourth-order valence-corrected chi connectivity index (χ4v) is 4.44. The molecule has 102 valence electrons. The highest BCUT2D eigenvalue weighted by Crippen LogP contribution is 2.22. The van der Waals surface area contributed by atoms with Crippen LogP contribution in [0, 0.1) is 11.8 Å². The lowest BCUT2D eigenvalue weighted by molar-refractivity contribution is 0.220. The van der Waals surface area contributed by atoms with Crippen molar-refractivity contribution in [3.8, 4) is 0 Å². The number of aromatic nitrogens is 1. The second kappa shape index (κ2) is 5.64. The summed E-state index contributed by atoms with van der Waals surface area (Å²) in [6.07, 6.45) is 2.78. The molecule has 0 radical (unpaired) electrons. The fraction of sp³-hybridized carbons (Fsp3) is 0.727. The number of nitrogens with zero attached hydrogens (tertiary/aromatic N) is 2. The molecule has 1 aromatic rings. The highest BCUT2D eigenvalue weighted by atomic mass is 32.2. The van der Waals surface area contributed by atoms with E-state index < -0.39 is 10.2 Å². The molecule has 0 aromatic carbocycles. The molecule has 2 atom stereocenters. The van der Waals surface area contributed by atoms with Gasteiger partial charge in [-0.25, -0.2) is 4.98 Å². The van der Waals surface area contributed by atoms with Crippen molar-refractivity contribution < 1.29 is 8.42 Å². The first kappa shape index (κ1) is 13.9. The van der Waals surface area contributed by atoms with E-state index in [1.807, 2.05) is 5.38 Å². The van der Waals surface area contributed by atoms with Gasteiger partial charge >= 0.3 is 0 Å². The van der Waals surface area contributed by atoms with Gasteiger partial charge in [-0.05, 0) is 18.3 Å². The molecule has 1 fully saturated rings. The van der Waals surface area contributed by atoms with Gasteiger partial charge < -0.3 is 0 Å². The van der Waals surface area contributed by atoms with Gasteiger partial charge in [0.15, 0.2) is 0 Å². The molecule has 0 spiro atoms. The zero-order valence-corrected chi connectivity index (χ0v) is 12.3. The second-order valence-corrected chi connectivity index (χ2v) is 7.75. The number of piperidine rings is 1. The normalized spacial score (nSPS) is 26.3. The Labute approximate surface area is 112 Å². The maximum Gasteiger partial charge on any atom is 0.279 e. The monoisotopic (exact) mass is 289 g/mol. The minimum Gasteiger partial charge on any atom is -0.248 e. The van der Waals surface area contributed by atoms with Gasteiger partial charge in [0.05, 0.1) is 6.54 Å². The van der Waals surface area contributed by atoms with Crippen LogP contribution < -0.4 is 4.72 Å². The lowest BCUT2D eigenvalue weighted by Gasteiger charge is -2.33. The van der Waals surface area contributed by atoms with Gasteiger partial charge in [0.2, 0.25) is 0 Å². The Bertz CT molecular complexity index is 462. The first-order chi connectivity index (χ1) is 8.47. The van der Waals surface area contributed by atoms with Crippen molar-refractivity contribution in [3.05, 3.63) is 16.6 Å². The third kappa shape index (κ3) is 3.50. The first-order valence-electron chi connectivity index (χ1n) is 6.10. The summed E-state index contributed by atoms with van der Waals surface area (Å²) in [5.41, 5.74) is 0. The van der Waals surface area contributed by atoms with E-state index in [1.165, 1.54) is 11.3 Å². The molecule has 5 nitrogen and oxygen atoms in total. The molecule has 1 N–H and O–H groups in total. The smallest absolute Gasteiger partial charge is 0.248 e. The van der Waals surface area contributed by atoms with Crippen LogP contribution in [0.3, 0.4) is 0 Å². The molecule has 1 saturated heterocycles. The Morgan fingerprint density at radius 1 is 1.44 bits per heavy atom. The summed E-state index contributed by atoms with van der Waals surface area (Å²) in [4.78, 5) is 4.07. The molecule has 2 rings (SSSR count). The average Bonchev–Trinajstić information content (AvgIpc) is 2.78. The van der Waals surface area contributed by atoms with Crippen LogP contribution in [0.5, 0.6) is 0 Å². The van der Waals surface area contributed by atoms with Gasteiger partial charge in [0, 0.05) is 24.7 Å². The first-order valence-corrected chi connectivity index (χ1v) is 8.42. The van der Waals surface area contributed by atoms with Crippen molar-refractivity contribution in [1.29, 1.82) is 0 Å². The number of hydrogen-bond acceptors (Lipinski definition) is 4. The molecule has 0 aliphatic carbocycles. The van der Waals surface area contributed by atoms with Crippen LogP contribution in [-0.4, -0.2) is 30.8 Å². The summed E-state index contributed by atoms with van der Waals surface area (Å²) in [6.45, 7) is 5.69. The van der Waals surface area contributed by atoms with E-state index >= 15 is 0 Å². The van der Waals surface area contributed by atoms with Crippen LogP contribution in [0.1, 0.15) is 25.3 Å². The van der Waals surface area contributed by atoms with E-state index in [1.54, 1.807) is 10.5 Å². The highest BCUT2D eigenvalue weighted by Gasteiger charge is 2.30. The van der Waals surface area contributed by atoms with Crippen LogP contribution >= 0.6 is 11.3 Å². The Hall–Kier alpha value is -0.500. The molecular formula is C11H19N3O2S2. The maximum absolute atomic E-state index is 12.2. The topological polar surface area (TPSA) is 62.3 Å². The largest absolute Gasteiger partial charge is 0.279 e. The third-order valence-corrected chi connectivity index (χ3v) is 5.33. The molecule has 18 heavy (non-hydrogen) atoms. The van der Waals surface area contributed by atoms with Crippen LogP contribution in [-0.2, 0) is 16.8 Å². The summed E-state index contributed by atoms with van der Waals surface area (Å²) in [6, 6.07) is 0. The van der Waals surface area contributed by atoms with Crippen molar-refractivity contribution in [3.63, 3.8) is 0 Å². The van der Waals surface area contributed by atoms with Crippen molar-refractivity contribution in [2.24, 2.45) is 11.8 Å². The minimum absolute atomic E-state index is 0.277. The summed E-state index contributed by atoms with van der Waals surface area (Å²) in [5.74, 6) is 0.843. The Morgan fingerprint density at radius 2 is 2.11 bits per heavy atom. The van der Waals surface area contributed by atoms with Gasteiger partial charge in [0.25, 0.3) is 10.2 Å². The lowest BCUT2D eigenvalue weighted by atomic mass is 9.94. The summed E-state index contributed by atoms with van der Waals surface area (Å²) >= 11 is 1.45. The molecule has 1 aliphatic rings. The Kier molecular flexibility index (Phi) is 4.37. The Balaban J connectivity index is 1.97. The molecule has 1 aliphatic heterocycles. The second-order valence-electron chi connectivity index (χ2n) is 5.02. The number of hydrogen-bond donors (Lipinski definition) is 1. The molecule has 0 saturated carbocycles. The number of nitrogens with one attached hydrogen (secondary N) is 1. The summed E-state index contributed by atoms with van der Waals surface area (Å²) in [5, 5.41) is 2.63. The van der Waals surface area contributed by atoms with Crippen molar-refractivity contribution in [2.75, 3.05) is 13.1 Å². The van der Waals surface area contributed by atoms with E-state index in [-0.39, 0.29) is 6.54 Å². The van der Waals surface area contributed by atoms with Crippen molar-refractivity contribution in [1.82, 2.24) is 14.0 Å². The standard InChI is InChI=1S/C11H19N3O2S2/c1-9-5-10(2)8-14(7-9)18(15,16)13-6-11-12-3-4-17-11/h3-4,9-10,13H,5-8H2,1-2H3/t9-,10-/m0/s1. The molecule has 1 aromatic heterocycles. The third-order valence-electron chi connectivity index (χ3n) is 3.06. The predicted octanol–water partition coefficient (Wildman–Crippen LogP) is 1.46. The van der Waals surface area contributed by atoms with Gasteiger partial charge in [-0.2, -0.15) is 17.4 Å². The van der Waals surface area contributed by atoms with Gasteiger partial charge in [-0.3, -0.25) is 0 Å². The van der Waals surface area contributed by atoms with E-state index in [2.05, 4.69) is 23.6 Å². The number of rotatable bonds is 4. The Morgan fingerprint density at radius 3 is 2.67 bits per heavy atom. The summed E-state index contributed by atoms with van der Waals surface area (Å²) < 4.78 is 28.5. The van der Waals surface area contributed by atoms with Crippen LogP contribution in [0.4, 0.5) is 0 Å². The quantitative estimate of drug-likeness (QED) is 0.912. The average molecular weight is 289 g/mol. The summed E-state index contributed by atoms with van der Waals surface area (Å²) in [7, 11) is -3.38. The highest BCUT2D eigenvalue weighted by molar-refractivity contribution is 7.87. The molecule has 0 amide bonds. The predicted molar refractivity (Wildman–Crippen MR) is 72.4 cm³/mol. The van der Waals surface area contributed by atoms with Gasteiger partial charge in [-0.1, -0.05) is 13.8 Å². The van der Waals surface area contributed by atoms with E-state index in [0.717, 1.165) is 11.4 Å². The lowest BCUT2D eigenvalue weighted by Crippen LogP contribution is -2.47. The van der Waals surface area contributed by atoms with Crippen LogP contribution in [0.25, 0.3) is 0 Å². The SMILES string of the molecule is C[C@H]1C[C@H](C)CN(S(=O)(=O)NCc2nccs2)C1. The van der Waals surface area contributed by atoms with E-state index in [4.69, 9.17) is 0 Å². The molecular weight excluding hydrogens is 270 g/mol. The molecule has 0 bridgehead atoms. The minimum atomic E-state index is -3.38. The molecule has 2 heterocycles. The van der Waals surface area contributed by atoms with Crippen molar-refractivity contribution >= 4 is 21.5 Å². The zero-order chi connectivity index (χ0) is 13.2. The van der Waals surface area contributed by atoms with E-state index in [9.17, 15) is 8.42 Å². The fourth-order valence-electron chi connectivity index (χ4n) is 2.39. The van der Waals surface area contributed by atoms with Crippen molar-refractivity contribution in [2.45, 2.75) is 26.8 Å². The van der Waals surface area contributed by atoms with Crippen LogP contribution in [0.2, 0.25) is 0 Å². The van der Waals surface area contributed by atoms with Gasteiger partial charge in [-0.15, -0.1) is 11.3 Å². The van der Waals surface area contributed by atoms with Crippen LogP contribution in [0.15, 0.2) is 11.6 Å². The molecule has 0 unspecified atom stereocenters. The number of thiazole rings is 1.